The van der Waals surface area contributed by atoms with Gasteiger partial charge in [0, 0.05) is 57.0 Å². The molecule has 4 rings (SSSR count). The first-order chi connectivity index (χ1) is 15.7. The Hall–Kier alpha value is -3.28. The molecule has 3 aromatic rings. The molecule has 32 heavy (non-hydrogen) atoms. The summed E-state index contributed by atoms with van der Waals surface area (Å²) in [5.74, 6) is 0.938. The van der Waals surface area contributed by atoms with Gasteiger partial charge in [-0.05, 0) is 60.9 Å². The lowest BCUT2D eigenvalue weighted by atomic mass is 10.1. The second-order valence-corrected chi connectivity index (χ2v) is 8.32. The molecule has 0 spiro atoms. The van der Waals surface area contributed by atoms with Crippen molar-refractivity contribution in [3.63, 3.8) is 0 Å². The topological polar surface area (TPSA) is 61.7 Å². The maximum absolute atomic E-state index is 12.6. The third-order valence-electron chi connectivity index (χ3n) is 6.08. The van der Waals surface area contributed by atoms with Crippen LogP contribution in [0.4, 0.5) is 0 Å². The first kappa shape index (κ1) is 21.9. The quantitative estimate of drug-likeness (QED) is 0.337. The van der Waals surface area contributed by atoms with Crippen molar-refractivity contribution in [3.8, 4) is 0 Å². The molecular formula is C26H33N5O. The average molecular weight is 432 g/mol. The van der Waals surface area contributed by atoms with Crippen LogP contribution >= 0.6 is 0 Å². The fraction of sp³-hybridized carbons (Fsp3) is 0.385. The third-order valence-corrected chi connectivity index (χ3v) is 6.08. The van der Waals surface area contributed by atoms with Crippen LogP contribution in [0.15, 0.2) is 65.8 Å². The molecule has 0 saturated carbocycles. The normalized spacial score (nSPS) is 14.5. The highest BCUT2D eigenvalue weighted by Crippen LogP contribution is 2.15. The number of carbonyl (C=O) groups excluding carboxylic acids is 1. The van der Waals surface area contributed by atoms with Gasteiger partial charge >= 0.3 is 0 Å². The predicted octanol–water partition coefficient (Wildman–Crippen LogP) is 4.02. The monoisotopic (exact) mass is 431 g/mol. The van der Waals surface area contributed by atoms with Gasteiger partial charge in [-0.15, -0.1) is 0 Å². The van der Waals surface area contributed by atoms with E-state index in [1.165, 1.54) is 17.3 Å². The second-order valence-electron chi connectivity index (χ2n) is 8.32. The van der Waals surface area contributed by atoms with Gasteiger partial charge in [0.1, 0.15) is 0 Å². The Morgan fingerprint density at radius 2 is 1.75 bits per heavy atom. The van der Waals surface area contributed by atoms with Gasteiger partial charge in [-0.3, -0.25) is 9.79 Å². The van der Waals surface area contributed by atoms with Gasteiger partial charge in [0.05, 0.1) is 0 Å². The first-order valence-corrected chi connectivity index (χ1v) is 11.6. The minimum atomic E-state index is 0.150. The van der Waals surface area contributed by atoms with Crippen LogP contribution in [0, 0.1) is 0 Å². The summed E-state index contributed by atoms with van der Waals surface area (Å²) >= 11 is 0. The zero-order valence-electron chi connectivity index (χ0n) is 18.9. The van der Waals surface area contributed by atoms with Gasteiger partial charge in [0.25, 0.3) is 5.91 Å². The van der Waals surface area contributed by atoms with Gasteiger partial charge in [-0.1, -0.05) is 30.3 Å². The third kappa shape index (κ3) is 5.49. The molecule has 2 heterocycles. The number of para-hydroxylation sites is 1. The molecule has 6 heteroatoms. The number of aromatic nitrogens is 1. The van der Waals surface area contributed by atoms with Crippen LogP contribution < -0.4 is 10.6 Å². The molecule has 0 unspecified atom stereocenters. The SMILES string of the molecule is CN=C(NCCCn1ccc2ccccc21)NCc1ccc(C(=O)N2CCCCC2)cc1. The van der Waals surface area contributed by atoms with Crippen LogP contribution in [0.5, 0.6) is 0 Å². The maximum Gasteiger partial charge on any atom is 0.253 e. The van der Waals surface area contributed by atoms with Crippen LogP contribution in [-0.4, -0.2) is 48.0 Å². The number of nitrogens with one attached hydrogen (secondary N) is 2. The Morgan fingerprint density at radius 3 is 2.53 bits per heavy atom. The molecule has 2 aromatic carbocycles. The number of piperidine rings is 1. The largest absolute Gasteiger partial charge is 0.356 e. The van der Waals surface area contributed by atoms with E-state index in [1.54, 1.807) is 7.05 Å². The van der Waals surface area contributed by atoms with E-state index in [9.17, 15) is 4.79 Å². The van der Waals surface area contributed by atoms with Crippen molar-refractivity contribution in [2.75, 3.05) is 26.7 Å². The molecule has 0 radical (unpaired) electrons. The lowest BCUT2D eigenvalue weighted by Gasteiger charge is -2.26. The summed E-state index contributed by atoms with van der Waals surface area (Å²) in [4.78, 5) is 18.9. The molecular weight excluding hydrogens is 398 g/mol. The minimum absolute atomic E-state index is 0.150. The van der Waals surface area contributed by atoms with Crippen molar-refractivity contribution in [1.29, 1.82) is 0 Å². The summed E-state index contributed by atoms with van der Waals surface area (Å²) in [5.41, 5.74) is 3.18. The van der Waals surface area contributed by atoms with Crippen LogP contribution in [0.2, 0.25) is 0 Å². The summed E-state index contributed by atoms with van der Waals surface area (Å²) in [6.07, 6.45) is 6.61. The highest BCUT2D eigenvalue weighted by Gasteiger charge is 2.17. The molecule has 0 aliphatic carbocycles. The van der Waals surface area contributed by atoms with Crippen LogP contribution in [0.1, 0.15) is 41.6 Å². The molecule has 2 N–H and O–H groups in total. The fourth-order valence-electron chi connectivity index (χ4n) is 4.24. The van der Waals surface area contributed by atoms with Crippen LogP contribution in [-0.2, 0) is 13.1 Å². The van der Waals surface area contributed by atoms with E-state index in [1.807, 2.05) is 29.2 Å². The van der Waals surface area contributed by atoms with Crippen LogP contribution in [0.25, 0.3) is 10.9 Å². The van der Waals surface area contributed by atoms with E-state index in [2.05, 4.69) is 56.7 Å². The highest BCUT2D eigenvalue weighted by atomic mass is 16.2. The van der Waals surface area contributed by atoms with E-state index in [-0.39, 0.29) is 5.91 Å². The Morgan fingerprint density at radius 1 is 0.969 bits per heavy atom. The number of aryl methyl sites for hydroxylation is 1. The molecule has 1 fully saturated rings. The maximum atomic E-state index is 12.6. The number of likely N-dealkylation sites (tertiary alicyclic amines) is 1. The molecule has 6 nitrogen and oxygen atoms in total. The number of nitrogens with zero attached hydrogens (tertiary/aromatic N) is 3. The van der Waals surface area contributed by atoms with Gasteiger partial charge in [0.2, 0.25) is 0 Å². The number of aliphatic imine (C=N–C) groups is 1. The molecule has 1 aliphatic heterocycles. The lowest BCUT2D eigenvalue weighted by molar-refractivity contribution is 0.0724. The molecule has 168 valence electrons. The molecule has 1 saturated heterocycles. The number of amides is 1. The Labute approximate surface area is 190 Å². The summed E-state index contributed by atoms with van der Waals surface area (Å²) in [5, 5.41) is 8.02. The summed E-state index contributed by atoms with van der Waals surface area (Å²) < 4.78 is 2.29. The van der Waals surface area contributed by atoms with Gasteiger partial charge in [-0.25, -0.2) is 0 Å². The number of carbonyl (C=O) groups is 1. The minimum Gasteiger partial charge on any atom is -0.356 e. The molecule has 1 amide bonds. The van der Waals surface area contributed by atoms with Gasteiger partial charge in [0.15, 0.2) is 5.96 Å². The van der Waals surface area contributed by atoms with E-state index >= 15 is 0 Å². The number of hydrogen-bond acceptors (Lipinski definition) is 2. The molecule has 1 aliphatic rings. The smallest absolute Gasteiger partial charge is 0.253 e. The Balaban J connectivity index is 1.20. The highest BCUT2D eigenvalue weighted by molar-refractivity contribution is 5.94. The molecule has 0 bridgehead atoms. The zero-order valence-corrected chi connectivity index (χ0v) is 18.9. The number of rotatable bonds is 7. The zero-order chi connectivity index (χ0) is 22.2. The van der Waals surface area contributed by atoms with E-state index in [0.717, 1.165) is 62.5 Å². The van der Waals surface area contributed by atoms with E-state index in [0.29, 0.717) is 6.54 Å². The molecule has 0 atom stereocenters. The van der Waals surface area contributed by atoms with Crippen molar-refractivity contribution < 1.29 is 4.79 Å². The second kappa shape index (κ2) is 10.8. The number of fused-ring (bicyclic) bond motifs is 1. The Bertz CT molecular complexity index is 1050. The number of guanidine groups is 1. The number of benzene rings is 2. The van der Waals surface area contributed by atoms with Crippen molar-refractivity contribution in [3.05, 3.63) is 71.9 Å². The lowest BCUT2D eigenvalue weighted by Crippen LogP contribution is -2.37. The number of hydrogen-bond donors (Lipinski definition) is 2. The van der Waals surface area contributed by atoms with E-state index in [4.69, 9.17) is 0 Å². The van der Waals surface area contributed by atoms with Crippen molar-refractivity contribution >= 4 is 22.8 Å². The van der Waals surface area contributed by atoms with Crippen LogP contribution in [0.3, 0.4) is 0 Å². The van der Waals surface area contributed by atoms with Crippen molar-refractivity contribution in [2.24, 2.45) is 4.99 Å². The Kier molecular flexibility index (Phi) is 7.43. The first-order valence-electron chi connectivity index (χ1n) is 11.6. The predicted molar refractivity (Wildman–Crippen MR) is 131 cm³/mol. The average Bonchev–Trinajstić information content (AvgIpc) is 3.27. The summed E-state index contributed by atoms with van der Waals surface area (Å²) in [7, 11) is 1.79. The molecule has 1 aromatic heterocycles. The van der Waals surface area contributed by atoms with E-state index < -0.39 is 0 Å². The van der Waals surface area contributed by atoms with Gasteiger partial charge < -0.3 is 20.1 Å². The fourth-order valence-corrected chi connectivity index (χ4v) is 4.24. The standard InChI is InChI=1S/C26H33N5O/c1-27-26(28-15-7-18-30-19-14-22-8-3-4-9-24(22)30)29-20-21-10-12-23(13-11-21)25(32)31-16-5-2-6-17-31/h3-4,8-14,19H,2,5-7,15-18,20H2,1H3,(H2,27,28,29). The van der Waals surface area contributed by atoms with Gasteiger partial charge in [-0.2, -0.15) is 0 Å². The summed E-state index contributed by atoms with van der Waals surface area (Å²) in [6.45, 7) is 4.23. The van der Waals surface area contributed by atoms with Crippen molar-refractivity contribution in [1.82, 2.24) is 20.1 Å². The summed E-state index contributed by atoms with van der Waals surface area (Å²) in [6, 6.07) is 18.5. The van der Waals surface area contributed by atoms with Crippen molar-refractivity contribution in [2.45, 2.75) is 38.8 Å².